The Balaban J connectivity index is 1.98. The van der Waals surface area contributed by atoms with Crippen LogP contribution in [-0.2, 0) is 21.3 Å². The molecule has 0 spiro atoms. The number of nitrogens with one attached hydrogen (secondary N) is 2. The molecule has 1 aliphatic rings. The highest BCUT2D eigenvalue weighted by atomic mass is 32.2. The van der Waals surface area contributed by atoms with Crippen molar-refractivity contribution < 1.29 is 13.2 Å². The predicted octanol–water partition coefficient (Wildman–Crippen LogP) is 0.534. The molecule has 2 rings (SSSR count). The lowest BCUT2D eigenvalue weighted by Crippen LogP contribution is -2.29. The van der Waals surface area contributed by atoms with Crippen LogP contribution in [0.25, 0.3) is 0 Å². The average Bonchev–Trinajstić information content (AvgIpc) is 3.09. The second-order valence-corrected chi connectivity index (χ2v) is 6.88. The van der Waals surface area contributed by atoms with Gasteiger partial charge >= 0.3 is 0 Å². The Morgan fingerprint density at radius 2 is 2.26 bits per heavy atom. The maximum absolute atomic E-state index is 12.2. The van der Waals surface area contributed by atoms with E-state index < -0.39 is 10.0 Å². The molecule has 1 fully saturated rings. The zero-order valence-corrected chi connectivity index (χ0v) is 12.2. The molecule has 1 aliphatic carbocycles. The highest BCUT2D eigenvalue weighted by Gasteiger charge is 2.23. The van der Waals surface area contributed by atoms with E-state index in [4.69, 9.17) is 4.74 Å². The lowest BCUT2D eigenvalue weighted by molar-refractivity contribution is 0.185. The molecule has 108 valence electrons. The molecule has 0 aromatic carbocycles. The molecule has 1 aromatic rings. The molecule has 6 nitrogen and oxygen atoms in total. The summed E-state index contributed by atoms with van der Waals surface area (Å²) in [7, 11) is -0.306. The van der Waals surface area contributed by atoms with Crippen LogP contribution in [0, 0.1) is 0 Å². The molecule has 1 saturated carbocycles. The van der Waals surface area contributed by atoms with Crippen molar-refractivity contribution in [2.45, 2.75) is 30.3 Å². The summed E-state index contributed by atoms with van der Waals surface area (Å²) in [6.07, 6.45) is 3.97. The van der Waals surface area contributed by atoms with Crippen LogP contribution >= 0.6 is 0 Å². The Kier molecular flexibility index (Phi) is 4.62. The van der Waals surface area contributed by atoms with Crippen molar-refractivity contribution in [3.63, 3.8) is 0 Å². The number of aromatic amines is 1. The van der Waals surface area contributed by atoms with Crippen molar-refractivity contribution in [3.05, 3.63) is 18.0 Å². The topological polar surface area (TPSA) is 74.4 Å². The number of methoxy groups -OCH3 is 1. The second kappa shape index (κ2) is 6.04. The van der Waals surface area contributed by atoms with E-state index in [1.54, 1.807) is 26.4 Å². The van der Waals surface area contributed by atoms with Gasteiger partial charge in [0.15, 0.2) is 0 Å². The standard InChI is InChI=1S/C12H21N3O3S/c1-15(5-6-18-2)19(16,17)12-7-11(14-9-12)8-13-10-3-4-10/h7,9-10,13-14H,3-6,8H2,1-2H3. The summed E-state index contributed by atoms with van der Waals surface area (Å²) in [5, 5.41) is 3.34. The summed E-state index contributed by atoms with van der Waals surface area (Å²) in [5.74, 6) is 0. The van der Waals surface area contributed by atoms with Crippen molar-refractivity contribution in [1.82, 2.24) is 14.6 Å². The monoisotopic (exact) mass is 287 g/mol. The Labute approximate surface area is 114 Å². The lowest BCUT2D eigenvalue weighted by Gasteiger charge is -2.15. The summed E-state index contributed by atoms with van der Waals surface area (Å²) >= 11 is 0. The Hall–Kier alpha value is -0.890. The first kappa shape index (κ1) is 14.5. The van der Waals surface area contributed by atoms with E-state index in [0.717, 1.165) is 5.69 Å². The molecule has 19 heavy (non-hydrogen) atoms. The number of rotatable bonds is 8. The number of ether oxygens (including phenoxy) is 1. The number of sulfonamides is 1. The molecule has 0 atom stereocenters. The van der Waals surface area contributed by atoms with Gasteiger partial charge in [-0.2, -0.15) is 4.31 Å². The first-order valence-corrected chi connectivity index (χ1v) is 7.84. The third-order valence-electron chi connectivity index (χ3n) is 3.19. The first-order valence-electron chi connectivity index (χ1n) is 6.40. The van der Waals surface area contributed by atoms with Gasteiger partial charge in [-0.1, -0.05) is 0 Å². The Bertz CT molecular complexity index is 508. The van der Waals surface area contributed by atoms with E-state index in [9.17, 15) is 8.42 Å². The summed E-state index contributed by atoms with van der Waals surface area (Å²) in [4.78, 5) is 3.31. The molecule has 0 saturated heterocycles. The molecule has 0 aliphatic heterocycles. The number of hydrogen-bond donors (Lipinski definition) is 2. The maximum Gasteiger partial charge on any atom is 0.244 e. The number of nitrogens with zero attached hydrogens (tertiary/aromatic N) is 1. The molecule has 1 aromatic heterocycles. The van der Waals surface area contributed by atoms with Crippen LogP contribution in [0.2, 0.25) is 0 Å². The van der Waals surface area contributed by atoms with Gasteiger partial charge < -0.3 is 15.0 Å². The van der Waals surface area contributed by atoms with E-state index in [2.05, 4.69) is 10.3 Å². The minimum absolute atomic E-state index is 0.304. The number of hydrogen-bond acceptors (Lipinski definition) is 4. The fraction of sp³-hybridized carbons (Fsp3) is 0.667. The van der Waals surface area contributed by atoms with Crippen LogP contribution in [0.5, 0.6) is 0 Å². The summed E-state index contributed by atoms with van der Waals surface area (Å²) in [5.41, 5.74) is 0.894. The summed E-state index contributed by atoms with van der Waals surface area (Å²) in [6, 6.07) is 2.29. The molecule has 0 bridgehead atoms. The number of H-pyrrole nitrogens is 1. The van der Waals surface area contributed by atoms with E-state index in [0.29, 0.717) is 30.6 Å². The number of likely N-dealkylation sites (N-methyl/N-ethyl adjacent to an activating group) is 1. The quantitative estimate of drug-likeness (QED) is 0.731. The first-order chi connectivity index (χ1) is 9.04. The van der Waals surface area contributed by atoms with Gasteiger partial charge in [0, 0.05) is 45.2 Å². The second-order valence-electron chi connectivity index (χ2n) is 4.84. The zero-order valence-electron chi connectivity index (χ0n) is 11.3. The molecule has 1 heterocycles. The van der Waals surface area contributed by atoms with Crippen LogP contribution in [0.3, 0.4) is 0 Å². The third kappa shape index (κ3) is 3.79. The van der Waals surface area contributed by atoms with Crippen molar-refractivity contribution in [3.8, 4) is 0 Å². The molecule has 0 radical (unpaired) electrons. The molecule has 7 heteroatoms. The highest BCUT2D eigenvalue weighted by molar-refractivity contribution is 7.89. The van der Waals surface area contributed by atoms with Gasteiger partial charge in [-0.15, -0.1) is 0 Å². The average molecular weight is 287 g/mol. The van der Waals surface area contributed by atoms with Crippen LogP contribution in [0.1, 0.15) is 18.5 Å². The maximum atomic E-state index is 12.2. The highest BCUT2D eigenvalue weighted by Crippen LogP contribution is 2.20. The molecule has 0 unspecified atom stereocenters. The van der Waals surface area contributed by atoms with Crippen LogP contribution < -0.4 is 5.32 Å². The minimum Gasteiger partial charge on any atom is -0.383 e. The van der Waals surface area contributed by atoms with Crippen molar-refractivity contribution >= 4 is 10.0 Å². The van der Waals surface area contributed by atoms with Crippen LogP contribution in [0.4, 0.5) is 0 Å². The van der Waals surface area contributed by atoms with Gasteiger partial charge in [-0.3, -0.25) is 0 Å². The molecular weight excluding hydrogens is 266 g/mol. The van der Waals surface area contributed by atoms with Gasteiger partial charge in [0.25, 0.3) is 0 Å². The van der Waals surface area contributed by atoms with Crippen molar-refractivity contribution in [2.75, 3.05) is 27.3 Å². The van der Waals surface area contributed by atoms with Crippen molar-refractivity contribution in [1.29, 1.82) is 0 Å². The van der Waals surface area contributed by atoms with E-state index in [1.807, 2.05) is 0 Å². The summed E-state index contributed by atoms with van der Waals surface area (Å²) in [6.45, 7) is 1.41. The molecule has 0 amide bonds. The normalized spacial score (nSPS) is 16.2. The van der Waals surface area contributed by atoms with Gasteiger partial charge in [-0.25, -0.2) is 8.42 Å². The lowest BCUT2D eigenvalue weighted by atomic mass is 10.4. The zero-order chi connectivity index (χ0) is 13.9. The van der Waals surface area contributed by atoms with Gasteiger partial charge in [0.2, 0.25) is 10.0 Å². The molecular formula is C12H21N3O3S. The van der Waals surface area contributed by atoms with E-state index in [1.165, 1.54) is 17.1 Å². The fourth-order valence-corrected chi connectivity index (χ4v) is 2.91. The van der Waals surface area contributed by atoms with Gasteiger partial charge in [0.1, 0.15) is 0 Å². The van der Waals surface area contributed by atoms with E-state index >= 15 is 0 Å². The molecule has 2 N–H and O–H groups in total. The minimum atomic E-state index is -3.42. The number of aromatic nitrogens is 1. The predicted molar refractivity (Wildman–Crippen MR) is 72.3 cm³/mol. The van der Waals surface area contributed by atoms with Gasteiger partial charge in [-0.05, 0) is 18.9 Å². The van der Waals surface area contributed by atoms with Crippen LogP contribution in [-0.4, -0.2) is 51.1 Å². The fourth-order valence-electron chi connectivity index (χ4n) is 1.73. The van der Waals surface area contributed by atoms with Gasteiger partial charge in [0.05, 0.1) is 11.5 Å². The van der Waals surface area contributed by atoms with E-state index in [-0.39, 0.29) is 0 Å². The van der Waals surface area contributed by atoms with Crippen molar-refractivity contribution in [2.24, 2.45) is 0 Å². The Morgan fingerprint density at radius 1 is 1.53 bits per heavy atom. The SMILES string of the molecule is COCCN(C)S(=O)(=O)c1c[nH]c(CNC2CC2)c1. The third-order valence-corrected chi connectivity index (χ3v) is 5.03. The smallest absolute Gasteiger partial charge is 0.244 e. The van der Waals surface area contributed by atoms with Crippen LogP contribution in [0.15, 0.2) is 17.2 Å². The summed E-state index contributed by atoms with van der Waals surface area (Å²) < 4.78 is 30.7. The largest absolute Gasteiger partial charge is 0.383 e. The Morgan fingerprint density at radius 3 is 2.89 bits per heavy atom.